The Morgan fingerprint density at radius 1 is 1.40 bits per heavy atom. The maximum atomic E-state index is 12.0. The Kier molecular flexibility index (Phi) is 4.39. The number of rotatable bonds is 4. The van der Waals surface area contributed by atoms with Gasteiger partial charge in [0.2, 0.25) is 5.91 Å². The summed E-state index contributed by atoms with van der Waals surface area (Å²) in [5.41, 5.74) is 2.12. The molecular formula is C15H19NO4. The van der Waals surface area contributed by atoms with Crippen LogP contribution in [0.2, 0.25) is 0 Å². The number of hydrogen-bond acceptors (Lipinski definition) is 3. The molecule has 0 aliphatic carbocycles. The topological polar surface area (TPSA) is 75.6 Å². The van der Waals surface area contributed by atoms with Crippen molar-refractivity contribution >= 4 is 17.6 Å². The number of aromatic carboxylic acids is 1. The van der Waals surface area contributed by atoms with E-state index < -0.39 is 5.97 Å². The van der Waals surface area contributed by atoms with Crippen LogP contribution in [0.25, 0.3) is 0 Å². The third-order valence-electron chi connectivity index (χ3n) is 3.41. The van der Waals surface area contributed by atoms with Gasteiger partial charge in [0.15, 0.2) is 0 Å². The number of carboxylic acids is 1. The number of amides is 1. The Hall–Kier alpha value is -1.88. The zero-order valence-corrected chi connectivity index (χ0v) is 11.7. The van der Waals surface area contributed by atoms with E-state index >= 15 is 0 Å². The summed E-state index contributed by atoms with van der Waals surface area (Å²) in [7, 11) is 0. The maximum Gasteiger partial charge on any atom is 0.337 e. The molecule has 1 heterocycles. The van der Waals surface area contributed by atoms with Gasteiger partial charge in [-0.1, -0.05) is 6.07 Å². The molecule has 0 bridgehead atoms. The van der Waals surface area contributed by atoms with Crippen molar-refractivity contribution in [1.82, 2.24) is 0 Å². The monoisotopic (exact) mass is 277 g/mol. The van der Waals surface area contributed by atoms with Crippen molar-refractivity contribution in [1.29, 1.82) is 0 Å². The van der Waals surface area contributed by atoms with Crippen LogP contribution in [0, 0.1) is 13.8 Å². The molecule has 0 aromatic heterocycles. The predicted molar refractivity (Wildman–Crippen MR) is 75.1 cm³/mol. The van der Waals surface area contributed by atoms with Crippen LogP contribution in [-0.2, 0) is 9.53 Å². The average molecular weight is 277 g/mol. The molecule has 1 unspecified atom stereocenters. The summed E-state index contributed by atoms with van der Waals surface area (Å²) >= 11 is 0. The minimum atomic E-state index is -1.04. The van der Waals surface area contributed by atoms with E-state index in [1.54, 1.807) is 13.0 Å². The minimum Gasteiger partial charge on any atom is -0.478 e. The van der Waals surface area contributed by atoms with Gasteiger partial charge in [0, 0.05) is 6.61 Å². The summed E-state index contributed by atoms with van der Waals surface area (Å²) < 4.78 is 5.41. The SMILES string of the molecule is Cc1cc(C)c(NC(=O)CC2CCCO2)c(C(=O)O)c1. The molecule has 1 fully saturated rings. The second-order valence-corrected chi connectivity index (χ2v) is 5.20. The summed E-state index contributed by atoms with van der Waals surface area (Å²) in [5.74, 6) is -1.24. The largest absolute Gasteiger partial charge is 0.478 e. The first kappa shape index (κ1) is 14.5. The maximum absolute atomic E-state index is 12.0. The number of aryl methyl sites for hydroxylation is 2. The van der Waals surface area contributed by atoms with Crippen LogP contribution in [-0.4, -0.2) is 29.7 Å². The van der Waals surface area contributed by atoms with E-state index in [4.69, 9.17) is 4.74 Å². The van der Waals surface area contributed by atoms with Crippen LogP contribution in [0.5, 0.6) is 0 Å². The number of carbonyl (C=O) groups excluding carboxylic acids is 1. The summed E-state index contributed by atoms with van der Waals surface area (Å²) in [4.78, 5) is 23.3. The highest BCUT2D eigenvalue weighted by Gasteiger charge is 2.21. The van der Waals surface area contributed by atoms with Gasteiger partial charge < -0.3 is 15.2 Å². The Bertz CT molecular complexity index is 533. The third kappa shape index (κ3) is 3.36. The third-order valence-corrected chi connectivity index (χ3v) is 3.41. The molecule has 1 aliphatic rings. The van der Waals surface area contributed by atoms with Crippen molar-refractivity contribution < 1.29 is 19.4 Å². The van der Waals surface area contributed by atoms with Crippen LogP contribution >= 0.6 is 0 Å². The average Bonchev–Trinajstić information content (AvgIpc) is 2.84. The molecular weight excluding hydrogens is 258 g/mol. The first-order valence-electron chi connectivity index (χ1n) is 6.73. The molecule has 108 valence electrons. The standard InChI is InChI=1S/C15H19NO4/c1-9-6-10(2)14(12(7-9)15(18)19)16-13(17)8-11-4-3-5-20-11/h6-7,11H,3-5,8H2,1-2H3,(H,16,17)(H,18,19). The lowest BCUT2D eigenvalue weighted by Crippen LogP contribution is -2.21. The molecule has 1 aliphatic heterocycles. The van der Waals surface area contributed by atoms with Gasteiger partial charge in [0.25, 0.3) is 0 Å². The van der Waals surface area contributed by atoms with Gasteiger partial charge in [-0.05, 0) is 43.9 Å². The van der Waals surface area contributed by atoms with Gasteiger partial charge in [0.05, 0.1) is 23.8 Å². The molecule has 1 atom stereocenters. The molecule has 5 nitrogen and oxygen atoms in total. The minimum absolute atomic E-state index is 0.0472. The number of nitrogens with one attached hydrogen (secondary N) is 1. The highest BCUT2D eigenvalue weighted by Crippen LogP contribution is 2.24. The Morgan fingerprint density at radius 2 is 2.15 bits per heavy atom. The van der Waals surface area contributed by atoms with Crippen molar-refractivity contribution in [3.63, 3.8) is 0 Å². The first-order chi connectivity index (χ1) is 9.47. The number of carboxylic acid groups (broad SMARTS) is 1. The molecule has 20 heavy (non-hydrogen) atoms. The van der Waals surface area contributed by atoms with Crippen LogP contribution in [0.3, 0.4) is 0 Å². The van der Waals surface area contributed by atoms with E-state index in [0.717, 1.165) is 24.0 Å². The lowest BCUT2D eigenvalue weighted by atomic mass is 10.0. The van der Waals surface area contributed by atoms with Crippen LogP contribution in [0.15, 0.2) is 12.1 Å². The van der Waals surface area contributed by atoms with E-state index in [0.29, 0.717) is 12.3 Å². The number of anilines is 1. The number of ether oxygens (including phenoxy) is 1. The highest BCUT2D eigenvalue weighted by molar-refractivity contribution is 6.01. The van der Waals surface area contributed by atoms with Crippen molar-refractivity contribution in [3.8, 4) is 0 Å². The number of carbonyl (C=O) groups is 2. The van der Waals surface area contributed by atoms with Gasteiger partial charge in [-0.15, -0.1) is 0 Å². The van der Waals surface area contributed by atoms with Gasteiger partial charge in [0.1, 0.15) is 0 Å². The second kappa shape index (κ2) is 6.05. The summed E-state index contributed by atoms with van der Waals surface area (Å²) in [6.45, 7) is 4.32. The van der Waals surface area contributed by atoms with E-state index in [9.17, 15) is 14.7 Å². The summed E-state index contributed by atoms with van der Waals surface area (Å²) in [6.07, 6.45) is 2.08. The quantitative estimate of drug-likeness (QED) is 0.886. The molecule has 0 saturated carbocycles. The zero-order valence-electron chi connectivity index (χ0n) is 11.7. The summed E-state index contributed by atoms with van der Waals surface area (Å²) in [6, 6.07) is 3.42. The fourth-order valence-electron chi connectivity index (χ4n) is 2.50. The molecule has 2 N–H and O–H groups in total. The van der Waals surface area contributed by atoms with Crippen LogP contribution < -0.4 is 5.32 Å². The van der Waals surface area contributed by atoms with Crippen molar-refractivity contribution in [2.24, 2.45) is 0 Å². The van der Waals surface area contributed by atoms with Crippen molar-refractivity contribution in [2.45, 2.75) is 39.2 Å². The highest BCUT2D eigenvalue weighted by atomic mass is 16.5. The van der Waals surface area contributed by atoms with Crippen molar-refractivity contribution in [3.05, 3.63) is 28.8 Å². The lowest BCUT2D eigenvalue weighted by Gasteiger charge is -2.14. The molecule has 1 aromatic rings. The molecule has 1 amide bonds. The molecule has 5 heteroatoms. The fourth-order valence-corrected chi connectivity index (χ4v) is 2.50. The van der Waals surface area contributed by atoms with Crippen LogP contribution in [0.4, 0.5) is 5.69 Å². The van der Waals surface area contributed by atoms with Crippen molar-refractivity contribution in [2.75, 3.05) is 11.9 Å². The van der Waals surface area contributed by atoms with E-state index in [1.807, 2.05) is 13.0 Å². The molecule has 2 rings (SSSR count). The molecule has 1 saturated heterocycles. The van der Waals surface area contributed by atoms with Gasteiger partial charge in [-0.25, -0.2) is 4.79 Å². The van der Waals surface area contributed by atoms with Gasteiger partial charge in [-0.3, -0.25) is 4.79 Å². The molecule has 0 radical (unpaired) electrons. The number of benzene rings is 1. The van der Waals surface area contributed by atoms with Gasteiger partial charge >= 0.3 is 5.97 Å². The van der Waals surface area contributed by atoms with E-state index in [2.05, 4.69) is 5.32 Å². The molecule has 1 aromatic carbocycles. The Balaban J connectivity index is 2.15. The Labute approximate surface area is 117 Å². The normalized spacial score (nSPS) is 18.0. The van der Waals surface area contributed by atoms with Crippen LogP contribution in [0.1, 0.15) is 40.7 Å². The van der Waals surface area contributed by atoms with E-state index in [-0.39, 0.29) is 24.0 Å². The summed E-state index contributed by atoms with van der Waals surface area (Å²) in [5, 5.41) is 12.0. The van der Waals surface area contributed by atoms with Gasteiger partial charge in [-0.2, -0.15) is 0 Å². The number of hydrogen-bond donors (Lipinski definition) is 2. The van der Waals surface area contributed by atoms with E-state index in [1.165, 1.54) is 0 Å². The first-order valence-corrected chi connectivity index (χ1v) is 6.73. The predicted octanol–water partition coefficient (Wildman–Crippen LogP) is 2.51. The fraction of sp³-hybridized carbons (Fsp3) is 0.467. The smallest absolute Gasteiger partial charge is 0.337 e. The zero-order chi connectivity index (χ0) is 14.7. The Morgan fingerprint density at radius 3 is 2.75 bits per heavy atom. The lowest BCUT2D eigenvalue weighted by molar-refractivity contribution is -0.118. The molecule has 0 spiro atoms. The second-order valence-electron chi connectivity index (χ2n) is 5.20.